The summed E-state index contributed by atoms with van der Waals surface area (Å²) in [7, 11) is 0. The van der Waals surface area contributed by atoms with Gasteiger partial charge in [-0.3, -0.25) is 19.3 Å². The number of rotatable bonds is 6. The number of carbonyl (C=O) groups excluding carboxylic acids is 3. The van der Waals surface area contributed by atoms with Crippen LogP contribution in [0.15, 0.2) is 36.4 Å². The highest BCUT2D eigenvalue weighted by atomic mass is 16.2. The fraction of sp³-hybridized carbons (Fsp3) is 0.333. The predicted molar refractivity (Wildman–Crippen MR) is 98.9 cm³/mol. The van der Waals surface area contributed by atoms with E-state index < -0.39 is 0 Å². The molecule has 6 nitrogen and oxygen atoms in total. The molecule has 3 amide bonds. The average Bonchev–Trinajstić information content (AvgIpc) is 3.51. The minimum atomic E-state index is -0.312. The summed E-state index contributed by atoms with van der Waals surface area (Å²) in [5.41, 5.74) is 1.05. The van der Waals surface area contributed by atoms with Gasteiger partial charge in [-0.15, -0.1) is 0 Å². The van der Waals surface area contributed by atoms with Gasteiger partial charge in [0, 0.05) is 35.5 Å². The number of hydrogen-bond donors (Lipinski definition) is 0. The van der Waals surface area contributed by atoms with Gasteiger partial charge in [0.05, 0.1) is 6.07 Å². The van der Waals surface area contributed by atoms with Crippen molar-refractivity contribution in [3.8, 4) is 6.07 Å². The predicted octanol–water partition coefficient (Wildman–Crippen LogP) is 2.73. The molecule has 1 aliphatic heterocycles. The normalized spacial score (nSPS) is 15.7. The van der Waals surface area contributed by atoms with Gasteiger partial charge >= 0.3 is 0 Å². The third-order valence-corrected chi connectivity index (χ3v) is 5.18. The smallest absolute Gasteiger partial charge is 0.261 e. The maximum atomic E-state index is 12.8. The molecule has 0 radical (unpaired) electrons. The molecule has 0 spiro atoms. The van der Waals surface area contributed by atoms with E-state index in [9.17, 15) is 14.4 Å². The van der Waals surface area contributed by atoms with Gasteiger partial charge in [0.15, 0.2) is 0 Å². The van der Waals surface area contributed by atoms with Crippen LogP contribution >= 0.6 is 0 Å². The number of nitrogens with zero attached hydrogens (tertiary/aromatic N) is 3. The van der Waals surface area contributed by atoms with Crippen molar-refractivity contribution in [2.45, 2.75) is 31.7 Å². The molecule has 136 valence electrons. The summed E-state index contributed by atoms with van der Waals surface area (Å²) in [4.78, 5) is 40.8. The molecular weight excluding hydrogens is 342 g/mol. The zero-order valence-corrected chi connectivity index (χ0v) is 14.9. The highest BCUT2D eigenvalue weighted by Gasteiger charge is 2.34. The number of imide groups is 1. The Morgan fingerprint density at radius 2 is 1.74 bits per heavy atom. The third-order valence-electron chi connectivity index (χ3n) is 5.18. The lowest BCUT2D eigenvalue weighted by Gasteiger charge is -2.27. The van der Waals surface area contributed by atoms with E-state index in [1.807, 2.05) is 30.3 Å². The van der Waals surface area contributed by atoms with Crippen LogP contribution < -0.4 is 0 Å². The molecule has 0 saturated heterocycles. The maximum absolute atomic E-state index is 12.8. The van der Waals surface area contributed by atoms with Crippen LogP contribution in [-0.2, 0) is 4.79 Å². The fourth-order valence-electron chi connectivity index (χ4n) is 3.70. The minimum Gasteiger partial charge on any atom is -0.326 e. The first-order chi connectivity index (χ1) is 13.1. The Balaban J connectivity index is 1.47. The molecule has 2 aromatic carbocycles. The monoisotopic (exact) mass is 361 g/mol. The van der Waals surface area contributed by atoms with Crippen molar-refractivity contribution in [2.75, 3.05) is 13.1 Å². The van der Waals surface area contributed by atoms with E-state index in [0.717, 1.165) is 18.2 Å². The molecule has 4 rings (SSSR count). The number of amides is 3. The van der Waals surface area contributed by atoms with Gasteiger partial charge in [0.1, 0.15) is 6.54 Å². The Morgan fingerprint density at radius 1 is 1.11 bits per heavy atom. The van der Waals surface area contributed by atoms with Crippen LogP contribution in [0.25, 0.3) is 10.8 Å². The second-order valence-corrected chi connectivity index (χ2v) is 6.99. The second-order valence-electron chi connectivity index (χ2n) is 6.99. The zero-order valence-electron chi connectivity index (χ0n) is 14.9. The molecule has 1 saturated carbocycles. The van der Waals surface area contributed by atoms with Gasteiger partial charge in [-0.05, 0) is 36.8 Å². The van der Waals surface area contributed by atoms with Gasteiger partial charge in [0.25, 0.3) is 11.8 Å². The standard InChI is InChI=1S/C21H19N3O3/c22-11-13-23(15-9-10-15)18(25)8-3-12-24-20(26)16-6-1-4-14-5-2-7-17(19(14)16)21(24)27/h1-2,4-7,15H,3,8-10,12-13H2. The first-order valence-corrected chi connectivity index (χ1v) is 9.16. The van der Waals surface area contributed by atoms with Crippen molar-refractivity contribution in [3.05, 3.63) is 47.5 Å². The maximum Gasteiger partial charge on any atom is 0.261 e. The Labute approximate surface area is 157 Å². The summed E-state index contributed by atoms with van der Waals surface area (Å²) in [5, 5.41) is 10.5. The van der Waals surface area contributed by atoms with Crippen LogP contribution in [0.5, 0.6) is 0 Å². The van der Waals surface area contributed by atoms with E-state index in [1.54, 1.807) is 17.0 Å². The second kappa shape index (κ2) is 6.84. The Hall–Kier alpha value is -3.20. The van der Waals surface area contributed by atoms with Crippen molar-refractivity contribution in [1.29, 1.82) is 5.26 Å². The molecule has 1 aliphatic carbocycles. The summed E-state index contributed by atoms with van der Waals surface area (Å²) in [6.45, 7) is 0.291. The van der Waals surface area contributed by atoms with E-state index in [-0.39, 0.29) is 43.3 Å². The first-order valence-electron chi connectivity index (χ1n) is 9.16. The number of carbonyl (C=O) groups is 3. The van der Waals surface area contributed by atoms with Crippen molar-refractivity contribution in [1.82, 2.24) is 9.80 Å². The zero-order chi connectivity index (χ0) is 19.0. The summed E-state index contributed by atoms with van der Waals surface area (Å²) in [6.07, 6.45) is 2.50. The highest BCUT2D eigenvalue weighted by Crippen LogP contribution is 2.30. The lowest BCUT2D eigenvalue weighted by atomic mass is 9.94. The topological polar surface area (TPSA) is 81.5 Å². The molecule has 2 aliphatic rings. The van der Waals surface area contributed by atoms with Crippen molar-refractivity contribution < 1.29 is 14.4 Å². The molecular formula is C21H19N3O3. The van der Waals surface area contributed by atoms with Gasteiger partial charge in [-0.25, -0.2) is 0 Å². The Kier molecular flexibility index (Phi) is 4.36. The van der Waals surface area contributed by atoms with Crippen LogP contribution in [0.4, 0.5) is 0 Å². The quantitative estimate of drug-likeness (QED) is 0.585. The van der Waals surface area contributed by atoms with Crippen LogP contribution in [0.3, 0.4) is 0 Å². The van der Waals surface area contributed by atoms with Crippen LogP contribution in [0.2, 0.25) is 0 Å². The van der Waals surface area contributed by atoms with Crippen molar-refractivity contribution in [3.63, 3.8) is 0 Å². The third kappa shape index (κ3) is 3.06. The van der Waals surface area contributed by atoms with E-state index in [2.05, 4.69) is 0 Å². The Morgan fingerprint density at radius 3 is 2.30 bits per heavy atom. The molecule has 2 aromatic rings. The van der Waals surface area contributed by atoms with E-state index in [4.69, 9.17) is 5.26 Å². The van der Waals surface area contributed by atoms with Gasteiger partial charge in [0.2, 0.25) is 5.91 Å². The lowest BCUT2D eigenvalue weighted by molar-refractivity contribution is -0.131. The summed E-state index contributed by atoms with van der Waals surface area (Å²) in [5.74, 6) is -0.709. The molecule has 0 aromatic heterocycles. The number of hydrogen-bond acceptors (Lipinski definition) is 4. The average molecular weight is 361 g/mol. The van der Waals surface area contributed by atoms with Crippen LogP contribution in [0.1, 0.15) is 46.4 Å². The fourth-order valence-corrected chi connectivity index (χ4v) is 3.70. The Bertz CT molecular complexity index is 937. The number of benzene rings is 2. The summed E-state index contributed by atoms with van der Waals surface area (Å²) < 4.78 is 0. The number of nitriles is 1. The van der Waals surface area contributed by atoms with Crippen LogP contribution in [0, 0.1) is 11.3 Å². The van der Waals surface area contributed by atoms with E-state index in [1.165, 1.54) is 4.90 Å². The van der Waals surface area contributed by atoms with Crippen molar-refractivity contribution in [2.24, 2.45) is 0 Å². The van der Waals surface area contributed by atoms with E-state index >= 15 is 0 Å². The summed E-state index contributed by atoms with van der Waals surface area (Å²) >= 11 is 0. The first kappa shape index (κ1) is 17.2. The SMILES string of the molecule is N#CCN(C(=O)CCCN1C(=O)c2cccc3cccc(c23)C1=O)C1CC1. The van der Waals surface area contributed by atoms with E-state index in [0.29, 0.717) is 22.9 Å². The highest BCUT2D eigenvalue weighted by molar-refractivity contribution is 6.25. The van der Waals surface area contributed by atoms with Gasteiger partial charge in [-0.2, -0.15) is 5.26 Å². The molecule has 6 heteroatoms. The molecule has 0 bridgehead atoms. The molecule has 0 atom stereocenters. The summed E-state index contributed by atoms with van der Waals surface area (Å²) in [6, 6.07) is 13.1. The molecule has 1 heterocycles. The van der Waals surface area contributed by atoms with Gasteiger partial charge < -0.3 is 4.90 Å². The van der Waals surface area contributed by atoms with Crippen LogP contribution in [-0.4, -0.2) is 46.7 Å². The lowest BCUT2D eigenvalue weighted by Crippen LogP contribution is -2.41. The molecule has 0 unspecified atom stereocenters. The minimum absolute atomic E-state index is 0.0848. The largest absolute Gasteiger partial charge is 0.326 e. The van der Waals surface area contributed by atoms with Gasteiger partial charge in [-0.1, -0.05) is 24.3 Å². The molecule has 1 fully saturated rings. The molecule has 0 N–H and O–H groups in total. The van der Waals surface area contributed by atoms with Crippen molar-refractivity contribution >= 4 is 28.5 Å². The molecule has 27 heavy (non-hydrogen) atoms.